The van der Waals surface area contributed by atoms with Crippen LogP contribution in [0.2, 0.25) is 0 Å². The molecule has 0 saturated carbocycles. The van der Waals surface area contributed by atoms with Gasteiger partial charge in [-0.25, -0.2) is 0 Å². The van der Waals surface area contributed by atoms with Gasteiger partial charge in [0.2, 0.25) is 11.8 Å². The molecule has 0 fully saturated rings. The van der Waals surface area contributed by atoms with Crippen LogP contribution in [0.25, 0.3) is 0 Å². The van der Waals surface area contributed by atoms with Gasteiger partial charge in [0.1, 0.15) is 0 Å². The first-order valence-electron chi connectivity index (χ1n) is 9.38. The molecule has 0 saturated heterocycles. The van der Waals surface area contributed by atoms with Crippen LogP contribution in [0, 0.1) is 0 Å². The second kappa shape index (κ2) is 6.94. The van der Waals surface area contributed by atoms with Crippen molar-refractivity contribution in [1.29, 1.82) is 0 Å². The number of amides is 2. The first-order chi connectivity index (χ1) is 12.6. The highest BCUT2D eigenvalue weighted by molar-refractivity contribution is 5.92. The van der Waals surface area contributed by atoms with E-state index in [1.54, 1.807) is 6.92 Å². The summed E-state index contributed by atoms with van der Waals surface area (Å²) in [6.45, 7) is 2.25. The van der Waals surface area contributed by atoms with Crippen LogP contribution in [-0.2, 0) is 28.9 Å². The smallest absolute Gasteiger partial charge is 0.226 e. The van der Waals surface area contributed by atoms with Gasteiger partial charge < -0.3 is 10.2 Å². The summed E-state index contributed by atoms with van der Waals surface area (Å²) in [4.78, 5) is 26.6. The summed E-state index contributed by atoms with van der Waals surface area (Å²) < 4.78 is 0. The molecule has 1 aliphatic heterocycles. The van der Waals surface area contributed by atoms with Crippen LogP contribution in [0.4, 0.5) is 5.69 Å². The van der Waals surface area contributed by atoms with Gasteiger partial charge in [0.05, 0.1) is 12.5 Å². The lowest BCUT2D eigenvalue weighted by Crippen LogP contribution is -2.40. The van der Waals surface area contributed by atoms with E-state index in [1.165, 1.54) is 23.1 Å². The van der Waals surface area contributed by atoms with Gasteiger partial charge in [-0.15, -0.1) is 0 Å². The van der Waals surface area contributed by atoms with Crippen LogP contribution < -0.4 is 5.32 Å². The molecule has 1 unspecified atom stereocenters. The van der Waals surface area contributed by atoms with Crippen molar-refractivity contribution in [2.24, 2.45) is 0 Å². The number of hydrogen-bond acceptors (Lipinski definition) is 2. The molecule has 2 amide bonds. The Morgan fingerprint density at radius 2 is 1.85 bits per heavy atom. The number of carbonyl (C=O) groups is 2. The molecule has 1 aliphatic carbocycles. The minimum Gasteiger partial charge on any atom is -0.335 e. The minimum absolute atomic E-state index is 0.0230. The monoisotopic (exact) mass is 348 g/mol. The maximum Gasteiger partial charge on any atom is 0.226 e. The van der Waals surface area contributed by atoms with Gasteiger partial charge in [0, 0.05) is 19.2 Å². The zero-order valence-corrected chi connectivity index (χ0v) is 15.1. The summed E-state index contributed by atoms with van der Waals surface area (Å²) in [5.41, 5.74) is 5.93. The number of carbonyl (C=O) groups excluding carboxylic acids is 2. The minimum atomic E-state index is -0.188. The highest BCUT2D eigenvalue weighted by Crippen LogP contribution is 2.33. The Morgan fingerprint density at radius 1 is 1.04 bits per heavy atom. The molecule has 0 aromatic heterocycles. The van der Waals surface area contributed by atoms with E-state index in [0.29, 0.717) is 6.54 Å². The highest BCUT2D eigenvalue weighted by atomic mass is 16.2. The first kappa shape index (κ1) is 16.8. The zero-order chi connectivity index (χ0) is 18.1. The summed E-state index contributed by atoms with van der Waals surface area (Å²) in [6, 6.07) is 14.1. The summed E-state index contributed by atoms with van der Waals surface area (Å²) in [7, 11) is 0. The fraction of sp³-hybridized carbons (Fsp3) is 0.364. The van der Waals surface area contributed by atoms with E-state index in [-0.39, 0.29) is 24.3 Å². The van der Waals surface area contributed by atoms with Crippen molar-refractivity contribution in [3.05, 3.63) is 64.7 Å². The largest absolute Gasteiger partial charge is 0.335 e. The second-order valence-corrected chi connectivity index (χ2v) is 7.27. The molecule has 4 heteroatoms. The molecule has 1 atom stereocenters. The Hall–Kier alpha value is -2.62. The van der Waals surface area contributed by atoms with E-state index in [9.17, 15) is 9.59 Å². The van der Waals surface area contributed by atoms with Crippen molar-refractivity contribution in [1.82, 2.24) is 4.90 Å². The normalized spacial score (nSPS) is 18.2. The van der Waals surface area contributed by atoms with Crippen molar-refractivity contribution < 1.29 is 9.59 Å². The number of fused-ring (bicyclic) bond motifs is 2. The third-order valence-electron chi connectivity index (χ3n) is 5.58. The highest BCUT2D eigenvalue weighted by Gasteiger charge is 2.30. The Labute approximate surface area is 154 Å². The van der Waals surface area contributed by atoms with Crippen molar-refractivity contribution in [2.45, 2.75) is 45.1 Å². The summed E-state index contributed by atoms with van der Waals surface area (Å²) >= 11 is 0. The third-order valence-corrected chi connectivity index (χ3v) is 5.58. The van der Waals surface area contributed by atoms with Crippen molar-refractivity contribution >= 4 is 17.5 Å². The van der Waals surface area contributed by atoms with Gasteiger partial charge in [-0.05, 0) is 60.1 Å². The lowest BCUT2D eigenvalue weighted by Gasteiger charge is -2.36. The van der Waals surface area contributed by atoms with Crippen LogP contribution in [0.3, 0.4) is 0 Å². The van der Waals surface area contributed by atoms with Gasteiger partial charge in [0.25, 0.3) is 0 Å². The van der Waals surface area contributed by atoms with Crippen LogP contribution in [0.15, 0.2) is 42.5 Å². The fourth-order valence-corrected chi connectivity index (χ4v) is 4.29. The molecule has 4 nitrogen and oxygen atoms in total. The molecular formula is C22H24N2O2. The molecular weight excluding hydrogens is 324 g/mol. The van der Waals surface area contributed by atoms with Gasteiger partial charge in [0.15, 0.2) is 0 Å². The Morgan fingerprint density at radius 3 is 2.69 bits per heavy atom. The van der Waals surface area contributed by atoms with Gasteiger partial charge in [-0.3, -0.25) is 9.59 Å². The van der Waals surface area contributed by atoms with Gasteiger partial charge in [-0.2, -0.15) is 0 Å². The molecule has 1 N–H and O–H groups in total. The molecule has 1 heterocycles. The Bertz CT molecular complexity index is 859. The number of nitrogens with one attached hydrogen (secondary N) is 1. The molecule has 0 radical (unpaired) electrons. The SMILES string of the molecule is CC(=O)N1CCc2ccccc2C1CC(=O)Nc1ccc2c(c1)CCC2. The average molecular weight is 348 g/mol. The lowest BCUT2D eigenvalue weighted by atomic mass is 9.90. The van der Waals surface area contributed by atoms with E-state index >= 15 is 0 Å². The molecule has 134 valence electrons. The van der Waals surface area contributed by atoms with Crippen LogP contribution in [0.5, 0.6) is 0 Å². The molecule has 4 rings (SSSR count). The predicted molar refractivity (Wildman–Crippen MR) is 102 cm³/mol. The van der Waals surface area contributed by atoms with Crippen LogP contribution in [0.1, 0.15) is 48.1 Å². The molecule has 2 aliphatic rings. The van der Waals surface area contributed by atoms with E-state index in [4.69, 9.17) is 0 Å². The number of rotatable bonds is 3. The molecule has 0 bridgehead atoms. The fourth-order valence-electron chi connectivity index (χ4n) is 4.29. The van der Waals surface area contributed by atoms with Crippen molar-refractivity contribution in [3.63, 3.8) is 0 Å². The Balaban J connectivity index is 1.52. The van der Waals surface area contributed by atoms with Crippen LogP contribution in [-0.4, -0.2) is 23.3 Å². The summed E-state index contributed by atoms with van der Waals surface area (Å²) in [6.07, 6.45) is 4.55. The third kappa shape index (κ3) is 3.24. The molecule has 2 aromatic rings. The molecule has 26 heavy (non-hydrogen) atoms. The number of benzene rings is 2. The molecule has 2 aromatic carbocycles. The lowest BCUT2D eigenvalue weighted by molar-refractivity contribution is -0.132. The summed E-state index contributed by atoms with van der Waals surface area (Å²) in [5.74, 6) is -0.0225. The van der Waals surface area contributed by atoms with Gasteiger partial charge >= 0.3 is 0 Å². The number of anilines is 1. The number of aryl methyl sites for hydroxylation is 2. The second-order valence-electron chi connectivity index (χ2n) is 7.27. The van der Waals surface area contributed by atoms with Crippen LogP contribution >= 0.6 is 0 Å². The first-order valence-corrected chi connectivity index (χ1v) is 9.38. The zero-order valence-electron chi connectivity index (χ0n) is 15.1. The molecule has 0 spiro atoms. The average Bonchev–Trinajstić information content (AvgIpc) is 3.09. The predicted octanol–water partition coefficient (Wildman–Crippen LogP) is 3.65. The van der Waals surface area contributed by atoms with Crippen molar-refractivity contribution in [3.8, 4) is 0 Å². The van der Waals surface area contributed by atoms with Gasteiger partial charge in [-0.1, -0.05) is 30.3 Å². The maximum absolute atomic E-state index is 12.7. The van der Waals surface area contributed by atoms with Crippen molar-refractivity contribution in [2.75, 3.05) is 11.9 Å². The van der Waals surface area contributed by atoms with E-state index in [2.05, 4.69) is 23.5 Å². The van der Waals surface area contributed by atoms with E-state index < -0.39 is 0 Å². The summed E-state index contributed by atoms with van der Waals surface area (Å²) in [5, 5.41) is 3.03. The maximum atomic E-state index is 12.7. The van der Waals surface area contributed by atoms with E-state index in [0.717, 1.165) is 30.5 Å². The van der Waals surface area contributed by atoms with E-state index in [1.807, 2.05) is 29.2 Å². The Kier molecular flexibility index (Phi) is 4.49. The topological polar surface area (TPSA) is 49.4 Å². The number of nitrogens with zero attached hydrogens (tertiary/aromatic N) is 1. The number of hydrogen-bond donors (Lipinski definition) is 1. The standard InChI is InChI=1S/C22H24N2O2/c1-15(25)24-12-11-17-5-2-3-8-20(17)21(24)14-22(26)23-19-10-9-16-6-4-7-18(16)13-19/h2-3,5,8-10,13,21H,4,6-7,11-12,14H2,1H3,(H,23,26). The quantitative estimate of drug-likeness (QED) is 0.920.